The zero-order valence-electron chi connectivity index (χ0n) is 4.64. The highest BCUT2D eigenvalue weighted by Gasteiger charge is 1.90. The standard InChI is InChI=1S/C5H8N2O/c1-7-5-3-2-4(6)8-5/h2-3,7H,6H2,1H3. The summed E-state index contributed by atoms with van der Waals surface area (Å²) in [5, 5.41) is 2.80. The Morgan fingerprint density at radius 3 is 2.62 bits per heavy atom. The molecule has 0 bridgehead atoms. The summed E-state index contributed by atoms with van der Waals surface area (Å²) in [4.78, 5) is 0. The van der Waals surface area contributed by atoms with Crippen LogP contribution in [0, 0.1) is 0 Å². The number of nitrogen functional groups attached to an aromatic ring is 1. The second-order valence-corrected chi connectivity index (χ2v) is 1.45. The minimum Gasteiger partial charge on any atom is -0.426 e. The first-order valence-electron chi connectivity index (χ1n) is 2.36. The van der Waals surface area contributed by atoms with Crippen LogP contribution in [0.2, 0.25) is 0 Å². The molecule has 0 aromatic carbocycles. The fourth-order valence-electron chi connectivity index (χ4n) is 0.487. The van der Waals surface area contributed by atoms with Crippen molar-refractivity contribution in [3.63, 3.8) is 0 Å². The first-order valence-corrected chi connectivity index (χ1v) is 2.36. The fraction of sp³-hybridized carbons (Fsp3) is 0.200. The third-order valence-electron chi connectivity index (χ3n) is 0.873. The third-order valence-corrected chi connectivity index (χ3v) is 0.873. The molecule has 0 saturated heterocycles. The van der Waals surface area contributed by atoms with Gasteiger partial charge in [-0.2, -0.15) is 0 Å². The molecule has 1 rings (SSSR count). The second-order valence-electron chi connectivity index (χ2n) is 1.45. The van der Waals surface area contributed by atoms with Crippen LogP contribution in [0.5, 0.6) is 0 Å². The molecule has 3 nitrogen and oxygen atoms in total. The van der Waals surface area contributed by atoms with Gasteiger partial charge in [0.15, 0.2) is 11.8 Å². The molecule has 0 radical (unpaired) electrons. The maximum absolute atomic E-state index is 5.25. The van der Waals surface area contributed by atoms with Crippen LogP contribution >= 0.6 is 0 Å². The van der Waals surface area contributed by atoms with E-state index in [0.717, 1.165) is 0 Å². The second kappa shape index (κ2) is 1.78. The van der Waals surface area contributed by atoms with Crippen molar-refractivity contribution in [1.82, 2.24) is 0 Å². The van der Waals surface area contributed by atoms with Crippen molar-refractivity contribution in [2.24, 2.45) is 0 Å². The molecule has 0 fully saturated rings. The van der Waals surface area contributed by atoms with Crippen molar-refractivity contribution in [1.29, 1.82) is 0 Å². The predicted molar refractivity (Wildman–Crippen MR) is 32.7 cm³/mol. The van der Waals surface area contributed by atoms with Gasteiger partial charge in [0, 0.05) is 19.2 Å². The molecule has 0 spiro atoms. The van der Waals surface area contributed by atoms with Crippen LogP contribution in [-0.4, -0.2) is 7.05 Å². The Morgan fingerprint density at radius 2 is 2.38 bits per heavy atom. The van der Waals surface area contributed by atoms with Crippen molar-refractivity contribution < 1.29 is 4.42 Å². The SMILES string of the molecule is CNc1ccc(N)o1. The van der Waals surface area contributed by atoms with E-state index in [2.05, 4.69) is 5.32 Å². The number of hydrogen-bond acceptors (Lipinski definition) is 3. The first-order chi connectivity index (χ1) is 3.83. The quantitative estimate of drug-likeness (QED) is 0.567. The lowest BCUT2D eigenvalue weighted by atomic mass is 10.6. The first kappa shape index (κ1) is 5.03. The molecule has 0 saturated carbocycles. The number of anilines is 2. The number of nitrogens with two attached hydrogens (primary N) is 1. The van der Waals surface area contributed by atoms with Crippen LogP contribution in [0.25, 0.3) is 0 Å². The number of rotatable bonds is 1. The van der Waals surface area contributed by atoms with Crippen LogP contribution in [0.3, 0.4) is 0 Å². The Balaban J connectivity index is 2.84. The van der Waals surface area contributed by atoms with Gasteiger partial charge in [-0.05, 0) is 0 Å². The van der Waals surface area contributed by atoms with Crippen LogP contribution in [0.4, 0.5) is 11.8 Å². The van der Waals surface area contributed by atoms with Crippen LogP contribution in [0.1, 0.15) is 0 Å². The molecule has 3 N–H and O–H groups in total. The van der Waals surface area contributed by atoms with Gasteiger partial charge >= 0.3 is 0 Å². The summed E-state index contributed by atoms with van der Waals surface area (Å²) in [6.45, 7) is 0. The Hall–Kier alpha value is -1.12. The summed E-state index contributed by atoms with van der Waals surface area (Å²) in [6, 6.07) is 3.47. The van der Waals surface area contributed by atoms with E-state index in [1.807, 2.05) is 0 Å². The molecule has 0 aliphatic heterocycles. The van der Waals surface area contributed by atoms with Gasteiger partial charge in [0.1, 0.15) is 0 Å². The molecular formula is C5H8N2O. The summed E-state index contributed by atoms with van der Waals surface area (Å²) >= 11 is 0. The summed E-state index contributed by atoms with van der Waals surface area (Å²) in [5.74, 6) is 1.14. The van der Waals surface area contributed by atoms with Gasteiger partial charge in [0.05, 0.1) is 0 Å². The number of furan rings is 1. The lowest BCUT2D eigenvalue weighted by Gasteiger charge is -1.87. The Bertz CT molecular complexity index is 171. The van der Waals surface area contributed by atoms with Gasteiger partial charge in [-0.25, -0.2) is 0 Å². The third kappa shape index (κ3) is 0.753. The van der Waals surface area contributed by atoms with Gasteiger partial charge in [-0.3, -0.25) is 0 Å². The smallest absolute Gasteiger partial charge is 0.195 e. The fourth-order valence-corrected chi connectivity index (χ4v) is 0.487. The van der Waals surface area contributed by atoms with E-state index in [-0.39, 0.29) is 0 Å². The van der Waals surface area contributed by atoms with Crippen molar-refractivity contribution in [2.45, 2.75) is 0 Å². The van der Waals surface area contributed by atoms with E-state index in [1.165, 1.54) is 0 Å². The summed E-state index contributed by atoms with van der Waals surface area (Å²) < 4.78 is 4.90. The van der Waals surface area contributed by atoms with Gasteiger partial charge in [0.2, 0.25) is 0 Å². The van der Waals surface area contributed by atoms with Crippen molar-refractivity contribution in [2.75, 3.05) is 18.1 Å². The molecule has 44 valence electrons. The van der Waals surface area contributed by atoms with Gasteiger partial charge in [-0.15, -0.1) is 0 Å². The van der Waals surface area contributed by atoms with Gasteiger partial charge in [0.25, 0.3) is 0 Å². The lowest BCUT2D eigenvalue weighted by molar-refractivity contribution is 0.603. The maximum Gasteiger partial charge on any atom is 0.195 e. The lowest BCUT2D eigenvalue weighted by Crippen LogP contribution is -1.82. The van der Waals surface area contributed by atoms with E-state index in [9.17, 15) is 0 Å². The van der Waals surface area contributed by atoms with Gasteiger partial charge in [-0.1, -0.05) is 0 Å². The van der Waals surface area contributed by atoms with Gasteiger partial charge < -0.3 is 15.5 Å². The number of nitrogens with one attached hydrogen (secondary N) is 1. The normalized spacial score (nSPS) is 9.12. The predicted octanol–water partition coefficient (Wildman–Crippen LogP) is 0.903. The average Bonchev–Trinajstić information content (AvgIpc) is 2.14. The van der Waals surface area contributed by atoms with E-state index >= 15 is 0 Å². The molecule has 1 heterocycles. The van der Waals surface area contributed by atoms with Crippen LogP contribution < -0.4 is 11.1 Å². The largest absolute Gasteiger partial charge is 0.426 e. The molecule has 0 atom stereocenters. The highest BCUT2D eigenvalue weighted by molar-refractivity contribution is 5.38. The zero-order valence-corrected chi connectivity index (χ0v) is 4.64. The van der Waals surface area contributed by atoms with E-state index in [1.54, 1.807) is 19.2 Å². The molecule has 1 aromatic rings. The minimum atomic E-state index is 0.439. The highest BCUT2D eigenvalue weighted by atomic mass is 16.4. The Morgan fingerprint density at radius 1 is 1.62 bits per heavy atom. The molecule has 0 amide bonds. The number of hydrogen-bond donors (Lipinski definition) is 2. The van der Waals surface area contributed by atoms with E-state index < -0.39 is 0 Å². The van der Waals surface area contributed by atoms with Crippen LogP contribution in [0.15, 0.2) is 16.5 Å². The summed E-state index contributed by atoms with van der Waals surface area (Å²) in [5.41, 5.74) is 5.25. The van der Waals surface area contributed by atoms with E-state index in [0.29, 0.717) is 11.8 Å². The molecule has 0 aliphatic rings. The summed E-state index contributed by atoms with van der Waals surface area (Å²) in [6.07, 6.45) is 0. The van der Waals surface area contributed by atoms with Crippen LogP contribution in [-0.2, 0) is 0 Å². The van der Waals surface area contributed by atoms with E-state index in [4.69, 9.17) is 10.2 Å². The molecule has 3 heteroatoms. The Labute approximate surface area is 47.5 Å². The molecule has 1 aromatic heterocycles. The highest BCUT2D eigenvalue weighted by Crippen LogP contribution is 2.12. The molecule has 8 heavy (non-hydrogen) atoms. The van der Waals surface area contributed by atoms with Crippen molar-refractivity contribution in [3.05, 3.63) is 12.1 Å². The summed E-state index contributed by atoms with van der Waals surface area (Å²) in [7, 11) is 1.78. The Kier molecular flexibility index (Phi) is 1.12. The molecular weight excluding hydrogens is 104 g/mol. The monoisotopic (exact) mass is 112 g/mol. The van der Waals surface area contributed by atoms with Crippen molar-refractivity contribution >= 4 is 11.8 Å². The maximum atomic E-state index is 5.25. The van der Waals surface area contributed by atoms with Crippen molar-refractivity contribution in [3.8, 4) is 0 Å². The zero-order chi connectivity index (χ0) is 5.98. The minimum absolute atomic E-state index is 0.439. The molecule has 0 aliphatic carbocycles. The topological polar surface area (TPSA) is 51.2 Å². The molecule has 0 unspecified atom stereocenters. The average molecular weight is 112 g/mol.